The summed E-state index contributed by atoms with van der Waals surface area (Å²) in [5, 5.41) is 12.0. The van der Waals surface area contributed by atoms with Crippen LogP contribution in [0, 0.1) is 5.92 Å². The summed E-state index contributed by atoms with van der Waals surface area (Å²) in [4.78, 5) is 11.9. The van der Waals surface area contributed by atoms with Gasteiger partial charge in [-0.2, -0.15) is 0 Å². The molecule has 0 aliphatic heterocycles. The first-order valence-corrected chi connectivity index (χ1v) is 6.12. The van der Waals surface area contributed by atoms with Crippen molar-refractivity contribution >= 4 is 5.91 Å². The summed E-state index contributed by atoms with van der Waals surface area (Å²) in [5.74, 6) is 0.376. The number of amides is 1. The van der Waals surface area contributed by atoms with Crippen LogP contribution >= 0.6 is 0 Å². The predicted molar refractivity (Wildman–Crippen MR) is 67.0 cm³/mol. The van der Waals surface area contributed by atoms with Crippen LogP contribution < -0.4 is 5.32 Å². The molecule has 1 heterocycles. The minimum atomic E-state index is -0.475. The van der Waals surface area contributed by atoms with E-state index in [0.29, 0.717) is 12.4 Å². The number of carbonyl (C=O) groups is 1. The minimum absolute atomic E-state index is 0.0819. The van der Waals surface area contributed by atoms with Gasteiger partial charge in [0.25, 0.3) is 0 Å². The normalized spacial score (nSPS) is 14.2. The van der Waals surface area contributed by atoms with Gasteiger partial charge in [-0.3, -0.25) is 4.79 Å². The molecule has 1 amide bonds. The Hall–Kier alpha value is -1.33. The quantitative estimate of drug-likeness (QED) is 0.690. The fraction of sp³-hybridized carbons (Fsp3) is 0.615. The number of hydrogen-bond acceptors (Lipinski definition) is 4. The Morgan fingerprint density at radius 3 is 2.94 bits per heavy atom. The van der Waals surface area contributed by atoms with Crippen LogP contribution in [0.25, 0.3) is 0 Å². The van der Waals surface area contributed by atoms with Gasteiger partial charge in [-0.25, -0.2) is 0 Å². The summed E-state index contributed by atoms with van der Waals surface area (Å²) in [7, 11) is 1.64. The maximum atomic E-state index is 11.9. The number of aliphatic hydroxyl groups excluding tert-OH is 1. The molecule has 0 aliphatic rings. The third kappa shape index (κ3) is 4.50. The molecule has 0 saturated carbocycles. The fourth-order valence-corrected chi connectivity index (χ4v) is 1.68. The van der Waals surface area contributed by atoms with E-state index in [1.54, 1.807) is 19.2 Å². The molecule has 1 aromatic rings. The number of aliphatic hydroxyl groups is 1. The molecule has 0 bridgehead atoms. The first-order valence-electron chi connectivity index (χ1n) is 6.12. The van der Waals surface area contributed by atoms with Crippen molar-refractivity contribution in [2.45, 2.75) is 25.8 Å². The van der Waals surface area contributed by atoms with Crippen LogP contribution in [0.3, 0.4) is 0 Å². The van der Waals surface area contributed by atoms with Crippen molar-refractivity contribution in [2.75, 3.05) is 20.3 Å². The van der Waals surface area contributed by atoms with Crippen molar-refractivity contribution in [3.8, 4) is 0 Å². The van der Waals surface area contributed by atoms with Gasteiger partial charge in [-0.1, -0.05) is 6.92 Å². The van der Waals surface area contributed by atoms with Gasteiger partial charge >= 0.3 is 0 Å². The highest BCUT2D eigenvalue weighted by atomic mass is 16.5. The molecule has 18 heavy (non-hydrogen) atoms. The van der Waals surface area contributed by atoms with Crippen molar-refractivity contribution in [2.24, 2.45) is 5.92 Å². The third-order valence-corrected chi connectivity index (χ3v) is 2.82. The minimum Gasteiger partial charge on any atom is -0.467 e. The first-order chi connectivity index (χ1) is 8.69. The molecule has 2 unspecified atom stereocenters. The second-order valence-corrected chi connectivity index (χ2v) is 4.30. The molecular weight excluding hydrogens is 234 g/mol. The van der Waals surface area contributed by atoms with Crippen molar-refractivity contribution < 1.29 is 19.1 Å². The van der Waals surface area contributed by atoms with E-state index in [2.05, 4.69) is 5.32 Å². The molecule has 0 aromatic carbocycles. The van der Waals surface area contributed by atoms with Crippen LogP contribution in [-0.4, -0.2) is 31.3 Å². The lowest BCUT2D eigenvalue weighted by Crippen LogP contribution is -2.34. The molecule has 1 rings (SSSR count). The summed E-state index contributed by atoms with van der Waals surface area (Å²) in [6.07, 6.45) is 3.12. The molecule has 102 valence electrons. The van der Waals surface area contributed by atoms with Gasteiger partial charge in [-0.05, 0) is 25.0 Å². The van der Waals surface area contributed by atoms with E-state index < -0.39 is 6.04 Å². The highest BCUT2D eigenvalue weighted by Gasteiger charge is 2.19. The van der Waals surface area contributed by atoms with E-state index in [1.807, 2.05) is 6.92 Å². The lowest BCUT2D eigenvalue weighted by molar-refractivity contribution is -0.126. The van der Waals surface area contributed by atoms with Crippen molar-refractivity contribution in [3.63, 3.8) is 0 Å². The summed E-state index contributed by atoms with van der Waals surface area (Å²) in [6.45, 7) is 2.34. The number of carbonyl (C=O) groups excluding carboxylic acids is 1. The fourth-order valence-electron chi connectivity index (χ4n) is 1.68. The topological polar surface area (TPSA) is 71.7 Å². The average Bonchev–Trinajstić information content (AvgIpc) is 2.89. The van der Waals surface area contributed by atoms with Gasteiger partial charge in [0, 0.05) is 19.6 Å². The second-order valence-electron chi connectivity index (χ2n) is 4.30. The van der Waals surface area contributed by atoms with E-state index in [9.17, 15) is 9.90 Å². The van der Waals surface area contributed by atoms with Crippen LogP contribution in [0.4, 0.5) is 0 Å². The van der Waals surface area contributed by atoms with Crippen LogP contribution in [0.5, 0.6) is 0 Å². The van der Waals surface area contributed by atoms with Crippen molar-refractivity contribution in [3.05, 3.63) is 24.2 Å². The molecule has 2 N–H and O–H groups in total. The molecule has 0 aliphatic carbocycles. The Kier molecular flexibility index (Phi) is 6.46. The number of furan rings is 1. The Balaban J connectivity index is 2.42. The molecule has 0 radical (unpaired) electrons. The van der Waals surface area contributed by atoms with Crippen LogP contribution in [0.1, 0.15) is 31.6 Å². The molecule has 5 heteroatoms. The number of hydrogen-bond donors (Lipinski definition) is 2. The summed E-state index contributed by atoms with van der Waals surface area (Å²) >= 11 is 0. The van der Waals surface area contributed by atoms with Gasteiger partial charge in [0.05, 0.1) is 12.9 Å². The van der Waals surface area contributed by atoms with Crippen molar-refractivity contribution in [1.29, 1.82) is 0 Å². The highest BCUT2D eigenvalue weighted by molar-refractivity contribution is 5.78. The Labute approximate surface area is 107 Å². The number of ether oxygens (including phenoxy) is 1. The first kappa shape index (κ1) is 14.7. The maximum Gasteiger partial charge on any atom is 0.223 e. The van der Waals surface area contributed by atoms with Crippen LogP contribution in [-0.2, 0) is 9.53 Å². The SMILES string of the molecule is COCCCC(C)C(=O)NC(CO)c1ccco1. The predicted octanol–water partition coefficient (Wildman–Crippen LogP) is 1.49. The summed E-state index contributed by atoms with van der Waals surface area (Å²) < 4.78 is 10.1. The number of rotatable bonds is 8. The monoisotopic (exact) mass is 255 g/mol. The van der Waals surface area contributed by atoms with Crippen molar-refractivity contribution in [1.82, 2.24) is 5.32 Å². The molecule has 0 fully saturated rings. The number of nitrogens with one attached hydrogen (secondary N) is 1. The van der Waals surface area contributed by atoms with E-state index in [1.165, 1.54) is 6.26 Å². The van der Waals surface area contributed by atoms with E-state index in [4.69, 9.17) is 9.15 Å². The number of methoxy groups -OCH3 is 1. The highest BCUT2D eigenvalue weighted by Crippen LogP contribution is 2.14. The Morgan fingerprint density at radius 2 is 2.39 bits per heavy atom. The van der Waals surface area contributed by atoms with Crippen LogP contribution in [0.15, 0.2) is 22.8 Å². The molecule has 1 aromatic heterocycles. The second kappa shape index (κ2) is 7.89. The van der Waals surface area contributed by atoms with E-state index in [-0.39, 0.29) is 18.4 Å². The largest absolute Gasteiger partial charge is 0.467 e. The van der Waals surface area contributed by atoms with E-state index >= 15 is 0 Å². The average molecular weight is 255 g/mol. The van der Waals surface area contributed by atoms with Crippen LogP contribution in [0.2, 0.25) is 0 Å². The Bertz CT molecular complexity index is 337. The molecule has 0 saturated heterocycles. The molecule has 0 spiro atoms. The molecular formula is C13H21NO4. The third-order valence-electron chi connectivity index (χ3n) is 2.82. The molecule has 5 nitrogen and oxygen atoms in total. The van der Waals surface area contributed by atoms with Gasteiger partial charge in [0.1, 0.15) is 11.8 Å². The zero-order valence-electron chi connectivity index (χ0n) is 10.9. The zero-order chi connectivity index (χ0) is 13.4. The van der Waals surface area contributed by atoms with Gasteiger partial charge < -0.3 is 19.6 Å². The maximum absolute atomic E-state index is 11.9. The zero-order valence-corrected chi connectivity index (χ0v) is 10.9. The lowest BCUT2D eigenvalue weighted by atomic mass is 10.0. The van der Waals surface area contributed by atoms with E-state index in [0.717, 1.165) is 12.8 Å². The van der Waals surface area contributed by atoms with Gasteiger partial charge in [0.15, 0.2) is 0 Å². The smallest absolute Gasteiger partial charge is 0.223 e. The van der Waals surface area contributed by atoms with Gasteiger partial charge in [0.2, 0.25) is 5.91 Å². The van der Waals surface area contributed by atoms with Gasteiger partial charge in [-0.15, -0.1) is 0 Å². The Morgan fingerprint density at radius 1 is 1.61 bits per heavy atom. The summed E-state index contributed by atoms with van der Waals surface area (Å²) in [6, 6.07) is 2.99. The standard InChI is InChI=1S/C13H21NO4/c1-10(5-3-7-17-2)13(16)14-11(9-15)12-6-4-8-18-12/h4,6,8,10-11,15H,3,5,7,9H2,1-2H3,(H,14,16). The summed E-state index contributed by atoms with van der Waals surface area (Å²) in [5.41, 5.74) is 0. The molecule has 2 atom stereocenters. The lowest BCUT2D eigenvalue weighted by Gasteiger charge is -2.17.